The first-order chi connectivity index (χ1) is 13.0. The summed E-state index contributed by atoms with van der Waals surface area (Å²) >= 11 is 0. The highest BCUT2D eigenvalue weighted by atomic mass is 16.4. The summed E-state index contributed by atoms with van der Waals surface area (Å²) in [5.41, 5.74) is 3.18. The Balaban J connectivity index is 1.78. The number of amides is 2. The van der Waals surface area contributed by atoms with Crippen LogP contribution in [-0.2, 0) is 4.79 Å². The molecule has 1 heterocycles. The van der Waals surface area contributed by atoms with Gasteiger partial charge in [0.1, 0.15) is 0 Å². The van der Waals surface area contributed by atoms with Crippen molar-refractivity contribution in [1.82, 2.24) is 15.6 Å². The lowest BCUT2D eigenvalue weighted by atomic mass is 10.1. The number of oxazole rings is 1. The van der Waals surface area contributed by atoms with E-state index in [9.17, 15) is 9.59 Å². The van der Waals surface area contributed by atoms with E-state index in [1.165, 1.54) is 12.5 Å². The number of carbonyl (C=O) groups is 2. The van der Waals surface area contributed by atoms with Crippen LogP contribution in [0.3, 0.4) is 0 Å². The summed E-state index contributed by atoms with van der Waals surface area (Å²) in [6.07, 6.45) is 1.66. The van der Waals surface area contributed by atoms with Gasteiger partial charge in [-0.05, 0) is 19.1 Å². The average Bonchev–Trinajstić information content (AvgIpc) is 3.15. The van der Waals surface area contributed by atoms with Gasteiger partial charge in [0.25, 0.3) is 5.91 Å². The van der Waals surface area contributed by atoms with Gasteiger partial charge in [0.15, 0.2) is 5.76 Å². The summed E-state index contributed by atoms with van der Waals surface area (Å²) < 4.78 is 5.90. The van der Waals surface area contributed by atoms with E-state index in [0.717, 1.165) is 5.56 Å². The van der Waals surface area contributed by atoms with Gasteiger partial charge >= 0.3 is 0 Å². The summed E-state index contributed by atoms with van der Waals surface area (Å²) in [4.78, 5) is 27.7. The Labute approximate surface area is 157 Å². The Morgan fingerprint density at radius 3 is 2.44 bits per heavy atom. The molecular formula is C21H21N3O3. The molecule has 0 fully saturated rings. The molecule has 0 aliphatic rings. The summed E-state index contributed by atoms with van der Waals surface area (Å²) in [6, 6.07) is 15.1. The minimum atomic E-state index is -0.244. The average molecular weight is 363 g/mol. The Bertz CT molecular complexity index is 945. The lowest BCUT2D eigenvalue weighted by molar-refractivity contribution is -0.118. The smallest absolute Gasteiger partial charge is 0.252 e. The van der Waals surface area contributed by atoms with Crippen LogP contribution < -0.4 is 10.6 Å². The van der Waals surface area contributed by atoms with Crippen molar-refractivity contribution in [3.05, 3.63) is 65.9 Å². The fourth-order valence-electron chi connectivity index (χ4n) is 2.63. The normalized spacial score (nSPS) is 10.4. The van der Waals surface area contributed by atoms with Crippen molar-refractivity contribution in [2.24, 2.45) is 0 Å². The molecule has 3 rings (SSSR count). The molecule has 6 nitrogen and oxygen atoms in total. The summed E-state index contributed by atoms with van der Waals surface area (Å²) in [7, 11) is 0. The van der Waals surface area contributed by atoms with Crippen LogP contribution in [0.1, 0.15) is 22.8 Å². The number of carbonyl (C=O) groups excluding carboxylic acids is 2. The van der Waals surface area contributed by atoms with Gasteiger partial charge in [-0.2, -0.15) is 0 Å². The van der Waals surface area contributed by atoms with Gasteiger partial charge in [-0.25, -0.2) is 4.98 Å². The Morgan fingerprint density at radius 2 is 1.70 bits per heavy atom. The first-order valence-corrected chi connectivity index (χ1v) is 8.69. The van der Waals surface area contributed by atoms with Gasteiger partial charge in [0.2, 0.25) is 11.8 Å². The zero-order valence-electron chi connectivity index (χ0n) is 15.3. The number of rotatable bonds is 6. The molecule has 0 aliphatic carbocycles. The number of nitrogens with zero attached hydrogens (tertiary/aromatic N) is 1. The zero-order chi connectivity index (χ0) is 19.2. The molecular weight excluding hydrogens is 342 g/mol. The molecule has 2 N–H and O–H groups in total. The molecule has 3 aromatic rings. The molecule has 1 aromatic heterocycles. The fraction of sp³-hybridized carbons (Fsp3) is 0.190. The second-order valence-electron chi connectivity index (χ2n) is 6.18. The lowest BCUT2D eigenvalue weighted by Crippen LogP contribution is -2.33. The van der Waals surface area contributed by atoms with Gasteiger partial charge in [0.05, 0.1) is 11.8 Å². The number of benzene rings is 2. The minimum absolute atomic E-state index is 0.131. The van der Waals surface area contributed by atoms with Gasteiger partial charge < -0.3 is 15.1 Å². The van der Waals surface area contributed by atoms with Crippen LogP contribution in [-0.4, -0.2) is 29.9 Å². The van der Waals surface area contributed by atoms with Crippen LogP contribution in [0.4, 0.5) is 0 Å². The van der Waals surface area contributed by atoms with E-state index in [2.05, 4.69) is 15.6 Å². The Hall–Kier alpha value is -3.41. The van der Waals surface area contributed by atoms with E-state index >= 15 is 0 Å². The van der Waals surface area contributed by atoms with E-state index < -0.39 is 0 Å². The number of aromatic nitrogens is 1. The molecule has 0 radical (unpaired) electrons. The number of hydrogen-bond donors (Lipinski definition) is 2. The largest absolute Gasteiger partial charge is 0.436 e. The number of hydrogen-bond acceptors (Lipinski definition) is 4. The second kappa shape index (κ2) is 8.31. The van der Waals surface area contributed by atoms with Crippen molar-refractivity contribution in [2.75, 3.05) is 13.1 Å². The maximum absolute atomic E-state index is 12.5. The first kappa shape index (κ1) is 18.4. The molecule has 0 saturated heterocycles. The molecule has 2 amide bonds. The molecule has 0 aliphatic heterocycles. The maximum Gasteiger partial charge on any atom is 0.252 e. The van der Waals surface area contributed by atoms with Crippen LogP contribution in [0, 0.1) is 6.92 Å². The third-order valence-electron chi connectivity index (χ3n) is 4.03. The topological polar surface area (TPSA) is 84.2 Å². The minimum Gasteiger partial charge on any atom is -0.436 e. The predicted octanol–water partition coefficient (Wildman–Crippen LogP) is 3.18. The molecule has 0 bridgehead atoms. The highest BCUT2D eigenvalue weighted by molar-refractivity contribution is 6.00. The van der Waals surface area contributed by atoms with Crippen LogP contribution in [0.2, 0.25) is 0 Å². The van der Waals surface area contributed by atoms with Crippen molar-refractivity contribution >= 4 is 11.8 Å². The summed E-state index contributed by atoms with van der Waals surface area (Å²) in [6.45, 7) is 4.18. The van der Waals surface area contributed by atoms with Crippen LogP contribution >= 0.6 is 0 Å². The van der Waals surface area contributed by atoms with E-state index in [4.69, 9.17) is 4.42 Å². The van der Waals surface area contributed by atoms with Crippen LogP contribution in [0.15, 0.2) is 59.1 Å². The standard InChI is InChI=1S/C21H21N3O3/c1-14-7-9-16(10-8-14)19-13-24-21(27-19)18-6-4-3-5-17(18)20(26)23-12-11-22-15(2)25/h3-10,13H,11-12H2,1-2H3,(H,22,25)(H,23,26). The molecule has 0 unspecified atom stereocenters. The third kappa shape index (κ3) is 4.61. The Kier molecular flexibility index (Phi) is 5.66. The molecule has 138 valence electrons. The molecule has 27 heavy (non-hydrogen) atoms. The van der Waals surface area contributed by atoms with E-state index in [0.29, 0.717) is 35.9 Å². The van der Waals surface area contributed by atoms with Crippen molar-refractivity contribution < 1.29 is 14.0 Å². The second-order valence-corrected chi connectivity index (χ2v) is 6.18. The lowest BCUT2D eigenvalue weighted by Gasteiger charge is -2.08. The highest BCUT2D eigenvalue weighted by Crippen LogP contribution is 2.28. The molecule has 0 spiro atoms. The Morgan fingerprint density at radius 1 is 1.00 bits per heavy atom. The summed E-state index contributed by atoms with van der Waals surface area (Å²) in [5, 5.41) is 5.43. The SMILES string of the molecule is CC(=O)NCCNC(=O)c1ccccc1-c1ncc(-c2ccc(C)cc2)o1. The van der Waals surface area contributed by atoms with Crippen molar-refractivity contribution in [1.29, 1.82) is 0 Å². The van der Waals surface area contributed by atoms with Gasteiger partial charge in [-0.1, -0.05) is 42.0 Å². The summed E-state index contributed by atoms with van der Waals surface area (Å²) in [5.74, 6) is 0.656. The van der Waals surface area contributed by atoms with E-state index in [-0.39, 0.29) is 11.8 Å². The van der Waals surface area contributed by atoms with E-state index in [1.807, 2.05) is 37.3 Å². The highest BCUT2D eigenvalue weighted by Gasteiger charge is 2.16. The van der Waals surface area contributed by atoms with Gasteiger partial charge in [0, 0.05) is 31.1 Å². The van der Waals surface area contributed by atoms with Crippen molar-refractivity contribution in [3.63, 3.8) is 0 Å². The third-order valence-corrected chi connectivity index (χ3v) is 4.03. The molecule has 0 atom stereocenters. The maximum atomic E-state index is 12.5. The molecule has 0 saturated carbocycles. The van der Waals surface area contributed by atoms with Gasteiger partial charge in [-0.3, -0.25) is 9.59 Å². The van der Waals surface area contributed by atoms with Crippen LogP contribution in [0.5, 0.6) is 0 Å². The zero-order valence-corrected chi connectivity index (χ0v) is 15.3. The number of aryl methyl sites for hydroxylation is 1. The van der Waals surface area contributed by atoms with Crippen LogP contribution in [0.25, 0.3) is 22.8 Å². The van der Waals surface area contributed by atoms with Gasteiger partial charge in [-0.15, -0.1) is 0 Å². The fourth-order valence-corrected chi connectivity index (χ4v) is 2.63. The number of nitrogens with one attached hydrogen (secondary N) is 2. The van der Waals surface area contributed by atoms with Crippen molar-refractivity contribution in [3.8, 4) is 22.8 Å². The van der Waals surface area contributed by atoms with E-state index in [1.54, 1.807) is 24.4 Å². The monoisotopic (exact) mass is 363 g/mol. The predicted molar refractivity (Wildman–Crippen MR) is 103 cm³/mol. The molecule has 2 aromatic carbocycles. The van der Waals surface area contributed by atoms with Crippen molar-refractivity contribution in [2.45, 2.75) is 13.8 Å². The molecule has 6 heteroatoms. The first-order valence-electron chi connectivity index (χ1n) is 8.69. The quantitative estimate of drug-likeness (QED) is 0.659.